The van der Waals surface area contributed by atoms with E-state index in [0.717, 1.165) is 65.2 Å². The fraction of sp³-hybridized carbons (Fsp3) is 0.889. The molecular formula is C18H31N3O3. The number of morpholine rings is 1. The highest BCUT2D eigenvalue weighted by atomic mass is 16.5. The summed E-state index contributed by atoms with van der Waals surface area (Å²) in [6, 6.07) is 0.551. The van der Waals surface area contributed by atoms with E-state index in [1.807, 2.05) is 9.80 Å². The summed E-state index contributed by atoms with van der Waals surface area (Å²) in [7, 11) is 0. The molecule has 0 aromatic rings. The van der Waals surface area contributed by atoms with Gasteiger partial charge in [-0.25, -0.2) is 0 Å². The summed E-state index contributed by atoms with van der Waals surface area (Å²) in [5.41, 5.74) is 0. The van der Waals surface area contributed by atoms with E-state index >= 15 is 0 Å². The Bertz CT molecular complexity index is 464. The monoisotopic (exact) mass is 337 g/mol. The second-order valence-corrected chi connectivity index (χ2v) is 7.56. The van der Waals surface area contributed by atoms with Gasteiger partial charge in [0.1, 0.15) is 0 Å². The molecule has 3 aliphatic rings. The summed E-state index contributed by atoms with van der Waals surface area (Å²) in [6.45, 7) is 9.88. The number of amides is 2. The van der Waals surface area contributed by atoms with Gasteiger partial charge in [-0.3, -0.25) is 14.5 Å². The van der Waals surface area contributed by atoms with Crippen LogP contribution < -0.4 is 0 Å². The smallest absolute Gasteiger partial charge is 0.224 e. The fourth-order valence-electron chi connectivity index (χ4n) is 4.50. The van der Waals surface area contributed by atoms with Gasteiger partial charge in [0.05, 0.1) is 13.2 Å². The third-order valence-electron chi connectivity index (χ3n) is 5.88. The summed E-state index contributed by atoms with van der Waals surface area (Å²) >= 11 is 0. The molecule has 0 aromatic carbocycles. The van der Waals surface area contributed by atoms with Crippen LogP contribution in [0.3, 0.4) is 0 Å². The van der Waals surface area contributed by atoms with Crippen LogP contribution in [0.25, 0.3) is 0 Å². The number of ether oxygens (including phenoxy) is 1. The van der Waals surface area contributed by atoms with Gasteiger partial charge in [-0.15, -0.1) is 0 Å². The van der Waals surface area contributed by atoms with Gasteiger partial charge in [-0.1, -0.05) is 6.92 Å². The number of carbonyl (C=O) groups excluding carboxylic acids is 2. The van der Waals surface area contributed by atoms with Gasteiger partial charge in [0, 0.05) is 58.2 Å². The first kappa shape index (κ1) is 17.7. The Hall–Kier alpha value is -1.14. The van der Waals surface area contributed by atoms with E-state index in [0.29, 0.717) is 18.4 Å². The maximum absolute atomic E-state index is 12.8. The van der Waals surface area contributed by atoms with Gasteiger partial charge in [0.15, 0.2) is 0 Å². The number of rotatable bonds is 3. The summed E-state index contributed by atoms with van der Waals surface area (Å²) in [4.78, 5) is 31.0. The van der Waals surface area contributed by atoms with Crippen LogP contribution in [-0.4, -0.2) is 84.5 Å². The zero-order chi connectivity index (χ0) is 17.1. The second-order valence-electron chi connectivity index (χ2n) is 7.56. The standard InChI is InChI=1S/C18H31N3O3/c1-14-12-20(13-17(14)19-7-9-24-10-8-19)18(23)11-16-5-3-4-6-21(16)15(2)22/h14,16-17H,3-13H2,1-2H3/t14-,16+,17-/m0/s1. The highest BCUT2D eigenvalue weighted by molar-refractivity contribution is 5.79. The van der Waals surface area contributed by atoms with Crippen molar-refractivity contribution in [3.63, 3.8) is 0 Å². The highest BCUT2D eigenvalue weighted by Gasteiger charge is 2.37. The van der Waals surface area contributed by atoms with E-state index in [2.05, 4.69) is 11.8 Å². The number of carbonyl (C=O) groups is 2. The number of likely N-dealkylation sites (tertiary alicyclic amines) is 2. The molecule has 0 bridgehead atoms. The maximum Gasteiger partial charge on any atom is 0.224 e. The lowest BCUT2D eigenvalue weighted by atomic mass is 9.98. The molecule has 3 atom stereocenters. The average Bonchev–Trinajstić information content (AvgIpc) is 2.98. The van der Waals surface area contributed by atoms with E-state index in [1.54, 1.807) is 6.92 Å². The molecule has 24 heavy (non-hydrogen) atoms. The molecule has 6 heteroatoms. The first-order valence-electron chi connectivity index (χ1n) is 9.43. The zero-order valence-electron chi connectivity index (χ0n) is 15.1. The molecule has 3 fully saturated rings. The van der Waals surface area contributed by atoms with Crippen molar-refractivity contribution in [2.24, 2.45) is 5.92 Å². The van der Waals surface area contributed by atoms with Gasteiger partial charge in [-0.2, -0.15) is 0 Å². The van der Waals surface area contributed by atoms with Crippen molar-refractivity contribution < 1.29 is 14.3 Å². The highest BCUT2D eigenvalue weighted by Crippen LogP contribution is 2.26. The van der Waals surface area contributed by atoms with E-state index in [1.165, 1.54) is 0 Å². The Morgan fingerprint density at radius 1 is 1.08 bits per heavy atom. The minimum atomic E-state index is 0.0986. The molecule has 3 aliphatic heterocycles. The molecule has 2 amide bonds. The first-order chi connectivity index (χ1) is 11.6. The molecule has 3 heterocycles. The molecule has 3 saturated heterocycles. The summed E-state index contributed by atoms with van der Waals surface area (Å²) in [6.07, 6.45) is 3.63. The fourth-order valence-corrected chi connectivity index (χ4v) is 4.50. The zero-order valence-corrected chi connectivity index (χ0v) is 15.1. The maximum atomic E-state index is 12.8. The number of hydrogen-bond donors (Lipinski definition) is 0. The lowest BCUT2D eigenvalue weighted by Crippen LogP contribution is -2.48. The summed E-state index contributed by atoms with van der Waals surface area (Å²) in [5, 5.41) is 0. The third-order valence-corrected chi connectivity index (χ3v) is 5.88. The topological polar surface area (TPSA) is 53.1 Å². The Morgan fingerprint density at radius 3 is 2.54 bits per heavy atom. The Labute approximate surface area is 145 Å². The molecule has 0 N–H and O–H groups in total. The SMILES string of the molecule is CC(=O)N1CCCC[C@@H]1CC(=O)N1C[C@H](C)[C@@H](N2CCOCC2)C1. The van der Waals surface area contributed by atoms with Crippen molar-refractivity contribution in [3.05, 3.63) is 0 Å². The van der Waals surface area contributed by atoms with Crippen molar-refractivity contribution >= 4 is 11.8 Å². The quantitative estimate of drug-likeness (QED) is 0.770. The van der Waals surface area contributed by atoms with Gasteiger partial charge in [0.2, 0.25) is 11.8 Å². The van der Waals surface area contributed by atoms with Gasteiger partial charge in [0.25, 0.3) is 0 Å². The Kier molecular flexibility index (Phi) is 5.76. The van der Waals surface area contributed by atoms with Crippen molar-refractivity contribution in [2.75, 3.05) is 45.9 Å². The predicted octanol–water partition coefficient (Wildman–Crippen LogP) is 0.957. The second kappa shape index (κ2) is 7.83. The summed E-state index contributed by atoms with van der Waals surface area (Å²) < 4.78 is 5.44. The normalized spacial score (nSPS) is 32.2. The van der Waals surface area contributed by atoms with Gasteiger partial charge >= 0.3 is 0 Å². The van der Waals surface area contributed by atoms with E-state index in [4.69, 9.17) is 4.74 Å². The third kappa shape index (κ3) is 3.91. The van der Waals surface area contributed by atoms with Crippen molar-refractivity contribution in [3.8, 4) is 0 Å². The van der Waals surface area contributed by atoms with Crippen LogP contribution >= 0.6 is 0 Å². The van der Waals surface area contributed by atoms with Crippen molar-refractivity contribution in [2.45, 2.75) is 51.6 Å². The molecule has 0 saturated carbocycles. The lowest BCUT2D eigenvalue weighted by Gasteiger charge is -2.36. The van der Waals surface area contributed by atoms with Crippen LogP contribution in [-0.2, 0) is 14.3 Å². The van der Waals surface area contributed by atoms with Crippen molar-refractivity contribution in [1.29, 1.82) is 0 Å². The first-order valence-corrected chi connectivity index (χ1v) is 9.43. The van der Waals surface area contributed by atoms with Crippen LogP contribution in [0, 0.1) is 5.92 Å². The number of hydrogen-bond acceptors (Lipinski definition) is 4. The van der Waals surface area contributed by atoms with Crippen LogP contribution in [0.4, 0.5) is 0 Å². The van der Waals surface area contributed by atoms with E-state index in [9.17, 15) is 9.59 Å². The molecule has 0 aliphatic carbocycles. The molecule has 0 unspecified atom stereocenters. The van der Waals surface area contributed by atoms with Crippen LogP contribution in [0.15, 0.2) is 0 Å². The largest absolute Gasteiger partial charge is 0.379 e. The van der Waals surface area contributed by atoms with Gasteiger partial charge in [-0.05, 0) is 25.2 Å². The van der Waals surface area contributed by atoms with E-state index in [-0.39, 0.29) is 17.9 Å². The molecule has 0 spiro atoms. The molecule has 6 nitrogen and oxygen atoms in total. The van der Waals surface area contributed by atoms with E-state index < -0.39 is 0 Å². The number of piperidine rings is 1. The molecule has 136 valence electrons. The molecule has 0 radical (unpaired) electrons. The minimum Gasteiger partial charge on any atom is -0.379 e. The van der Waals surface area contributed by atoms with Crippen molar-refractivity contribution in [1.82, 2.24) is 14.7 Å². The number of nitrogens with zero attached hydrogens (tertiary/aromatic N) is 3. The Balaban J connectivity index is 1.56. The lowest BCUT2D eigenvalue weighted by molar-refractivity contribution is -0.136. The van der Waals surface area contributed by atoms with Crippen LogP contribution in [0.1, 0.15) is 39.5 Å². The van der Waals surface area contributed by atoms with Gasteiger partial charge < -0.3 is 14.5 Å². The summed E-state index contributed by atoms with van der Waals surface area (Å²) in [5.74, 6) is 0.826. The molecular weight excluding hydrogens is 306 g/mol. The Morgan fingerprint density at radius 2 is 1.83 bits per heavy atom. The predicted molar refractivity (Wildman–Crippen MR) is 91.6 cm³/mol. The molecule has 0 aromatic heterocycles. The molecule has 3 rings (SSSR count). The van der Waals surface area contributed by atoms with Crippen LogP contribution in [0.2, 0.25) is 0 Å². The van der Waals surface area contributed by atoms with Crippen LogP contribution in [0.5, 0.6) is 0 Å². The average molecular weight is 337 g/mol. The minimum absolute atomic E-state index is 0.0986.